The van der Waals surface area contributed by atoms with E-state index in [1.165, 1.54) is 17.3 Å². The standard InChI is InChI=1S/C23H26N4O3S/c1-4-14-27-21(15-30-20-10-6-17(3)7-11-20)25-26-23(27)31-16-22(28)24-18-8-12-19(13-9-18)29-5-2/h4,6-13H,1,5,14-16H2,2-3H3,(H,24,28). The zero-order valence-electron chi connectivity index (χ0n) is 17.7. The van der Waals surface area contributed by atoms with Crippen LogP contribution >= 0.6 is 11.8 Å². The second-order valence-corrected chi connectivity index (χ2v) is 7.64. The van der Waals surface area contributed by atoms with Gasteiger partial charge in [0.2, 0.25) is 5.91 Å². The number of hydrogen-bond acceptors (Lipinski definition) is 6. The molecule has 162 valence electrons. The Morgan fingerprint density at radius 1 is 1.10 bits per heavy atom. The Balaban J connectivity index is 1.57. The maximum atomic E-state index is 12.3. The van der Waals surface area contributed by atoms with Crippen molar-refractivity contribution in [2.45, 2.75) is 32.2 Å². The summed E-state index contributed by atoms with van der Waals surface area (Å²) < 4.78 is 13.1. The smallest absolute Gasteiger partial charge is 0.234 e. The van der Waals surface area contributed by atoms with Gasteiger partial charge in [0.05, 0.1) is 12.4 Å². The van der Waals surface area contributed by atoms with Crippen LogP contribution in [0.4, 0.5) is 5.69 Å². The lowest BCUT2D eigenvalue weighted by atomic mass is 10.2. The molecule has 8 heteroatoms. The number of aromatic nitrogens is 3. The Hall–Kier alpha value is -3.26. The molecule has 0 radical (unpaired) electrons. The van der Waals surface area contributed by atoms with Gasteiger partial charge in [-0.25, -0.2) is 0 Å². The third kappa shape index (κ3) is 6.62. The van der Waals surface area contributed by atoms with Crippen LogP contribution in [-0.2, 0) is 17.9 Å². The highest BCUT2D eigenvalue weighted by atomic mass is 32.2. The molecule has 0 spiro atoms. The first-order valence-electron chi connectivity index (χ1n) is 9.97. The van der Waals surface area contributed by atoms with Crippen molar-refractivity contribution < 1.29 is 14.3 Å². The number of nitrogens with zero attached hydrogens (tertiary/aromatic N) is 3. The quantitative estimate of drug-likeness (QED) is 0.351. The molecule has 0 aliphatic rings. The molecule has 0 atom stereocenters. The minimum atomic E-state index is -0.125. The van der Waals surface area contributed by atoms with E-state index in [1.54, 1.807) is 6.08 Å². The van der Waals surface area contributed by atoms with Crippen molar-refractivity contribution in [1.29, 1.82) is 0 Å². The van der Waals surface area contributed by atoms with E-state index in [2.05, 4.69) is 22.1 Å². The van der Waals surface area contributed by atoms with Gasteiger partial charge in [-0.1, -0.05) is 35.5 Å². The Morgan fingerprint density at radius 3 is 2.45 bits per heavy atom. The first-order valence-corrected chi connectivity index (χ1v) is 11.0. The van der Waals surface area contributed by atoms with Crippen LogP contribution in [0.1, 0.15) is 18.3 Å². The average molecular weight is 439 g/mol. The summed E-state index contributed by atoms with van der Waals surface area (Å²) in [7, 11) is 0. The summed E-state index contributed by atoms with van der Waals surface area (Å²) in [5, 5.41) is 12.0. The normalized spacial score (nSPS) is 10.5. The lowest BCUT2D eigenvalue weighted by Crippen LogP contribution is -2.15. The van der Waals surface area contributed by atoms with Crippen LogP contribution in [0.25, 0.3) is 0 Å². The summed E-state index contributed by atoms with van der Waals surface area (Å²) in [5.74, 6) is 2.30. The fourth-order valence-corrected chi connectivity index (χ4v) is 3.52. The van der Waals surface area contributed by atoms with Gasteiger partial charge >= 0.3 is 0 Å². The van der Waals surface area contributed by atoms with Gasteiger partial charge in [0, 0.05) is 12.2 Å². The lowest BCUT2D eigenvalue weighted by Gasteiger charge is -2.10. The van der Waals surface area contributed by atoms with E-state index in [9.17, 15) is 4.79 Å². The highest BCUT2D eigenvalue weighted by Crippen LogP contribution is 2.20. The fourth-order valence-electron chi connectivity index (χ4n) is 2.76. The second-order valence-electron chi connectivity index (χ2n) is 6.69. The third-order valence-electron chi connectivity index (χ3n) is 4.28. The van der Waals surface area contributed by atoms with Crippen molar-refractivity contribution in [3.8, 4) is 11.5 Å². The summed E-state index contributed by atoms with van der Waals surface area (Å²) in [6.07, 6.45) is 1.77. The molecule has 0 unspecified atom stereocenters. The van der Waals surface area contributed by atoms with E-state index in [0.717, 1.165) is 11.5 Å². The van der Waals surface area contributed by atoms with E-state index in [-0.39, 0.29) is 18.3 Å². The molecule has 3 rings (SSSR count). The first kappa shape index (κ1) is 22.4. The molecular formula is C23H26N4O3S. The number of rotatable bonds is 11. The molecular weight excluding hydrogens is 412 g/mol. The number of hydrogen-bond donors (Lipinski definition) is 1. The van der Waals surface area contributed by atoms with Crippen molar-refractivity contribution >= 4 is 23.4 Å². The zero-order valence-corrected chi connectivity index (χ0v) is 18.5. The van der Waals surface area contributed by atoms with Gasteiger partial charge in [-0.15, -0.1) is 16.8 Å². The Labute approximate surface area is 186 Å². The highest BCUT2D eigenvalue weighted by Gasteiger charge is 2.14. The number of amides is 1. The molecule has 7 nitrogen and oxygen atoms in total. The molecule has 0 bridgehead atoms. The largest absolute Gasteiger partial charge is 0.494 e. The number of nitrogens with one attached hydrogen (secondary N) is 1. The maximum absolute atomic E-state index is 12.3. The summed E-state index contributed by atoms with van der Waals surface area (Å²) >= 11 is 1.32. The van der Waals surface area contributed by atoms with Gasteiger partial charge in [-0.2, -0.15) is 0 Å². The molecule has 0 aliphatic heterocycles. The number of allylic oxidation sites excluding steroid dienone is 1. The first-order chi connectivity index (χ1) is 15.1. The molecule has 1 heterocycles. The zero-order chi connectivity index (χ0) is 22.1. The van der Waals surface area contributed by atoms with Crippen LogP contribution in [0, 0.1) is 6.92 Å². The van der Waals surface area contributed by atoms with Gasteiger partial charge < -0.3 is 14.8 Å². The molecule has 3 aromatic rings. The number of carbonyl (C=O) groups excluding carboxylic acids is 1. The average Bonchev–Trinajstić information content (AvgIpc) is 3.15. The molecule has 1 amide bonds. The van der Waals surface area contributed by atoms with Crippen molar-refractivity contribution in [1.82, 2.24) is 14.8 Å². The Kier molecular flexibility index (Phi) is 8.12. The minimum Gasteiger partial charge on any atom is -0.494 e. The predicted octanol–water partition coefficient (Wildman–Crippen LogP) is 4.48. The van der Waals surface area contributed by atoms with E-state index >= 15 is 0 Å². The Bertz CT molecular complexity index is 1000. The van der Waals surface area contributed by atoms with Crippen molar-refractivity contribution in [3.63, 3.8) is 0 Å². The van der Waals surface area contributed by atoms with Crippen LogP contribution in [0.2, 0.25) is 0 Å². The van der Waals surface area contributed by atoms with Crippen molar-refractivity contribution in [2.24, 2.45) is 0 Å². The van der Waals surface area contributed by atoms with Gasteiger partial charge in [-0.3, -0.25) is 9.36 Å². The molecule has 0 saturated heterocycles. The second kappa shape index (κ2) is 11.2. The fraction of sp³-hybridized carbons (Fsp3) is 0.261. The van der Waals surface area contributed by atoms with Crippen LogP contribution in [0.3, 0.4) is 0 Å². The van der Waals surface area contributed by atoms with Gasteiger partial charge in [-0.05, 0) is 50.2 Å². The number of carbonyl (C=O) groups is 1. The number of aryl methyl sites for hydroxylation is 1. The lowest BCUT2D eigenvalue weighted by molar-refractivity contribution is -0.113. The molecule has 0 aliphatic carbocycles. The molecule has 0 saturated carbocycles. The van der Waals surface area contributed by atoms with Crippen LogP contribution < -0.4 is 14.8 Å². The molecule has 0 fully saturated rings. The molecule has 31 heavy (non-hydrogen) atoms. The number of benzene rings is 2. The summed E-state index contributed by atoms with van der Waals surface area (Å²) in [6.45, 7) is 9.17. The number of anilines is 1. The van der Waals surface area contributed by atoms with E-state index in [4.69, 9.17) is 9.47 Å². The van der Waals surface area contributed by atoms with Crippen molar-refractivity contribution in [2.75, 3.05) is 17.7 Å². The molecule has 1 N–H and O–H groups in total. The number of ether oxygens (including phenoxy) is 2. The SMILES string of the molecule is C=CCn1c(COc2ccc(C)cc2)nnc1SCC(=O)Nc1ccc(OCC)cc1. The van der Waals surface area contributed by atoms with Gasteiger partial charge in [0.1, 0.15) is 18.1 Å². The molecule has 1 aromatic heterocycles. The van der Waals surface area contributed by atoms with E-state index < -0.39 is 0 Å². The van der Waals surface area contributed by atoms with Crippen molar-refractivity contribution in [3.05, 3.63) is 72.6 Å². The monoisotopic (exact) mass is 438 g/mol. The van der Waals surface area contributed by atoms with Crippen LogP contribution in [-0.4, -0.2) is 33.0 Å². The summed E-state index contributed by atoms with van der Waals surface area (Å²) in [6, 6.07) is 15.1. The topological polar surface area (TPSA) is 78.3 Å². The van der Waals surface area contributed by atoms with Crippen LogP contribution in [0.15, 0.2) is 66.3 Å². The summed E-state index contributed by atoms with van der Waals surface area (Å²) in [5.41, 5.74) is 1.89. The minimum absolute atomic E-state index is 0.125. The maximum Gasteiger partial charge on any atom is 0.234 e. The predicted molar refractivity (Wildman–Crippen MR) is 123 cm³/mol. The summed E-state index contributed by atoms with van der Waals surface area (Å²) in [4.78, 5) is 12.3. The third-order valence-corrected chi connectivity index (χ3v) is 5.24. The highest BCUT2D eigenvalue weighted by molar-refractivity contribution is 7.99. The molecule has 2 aromatic carbocycles. The van der Waals surface area contributed by atoms with Gasteiger partial charge in [0.25, 0.3) is 0 Å². The van der Waals surface area contributed by atoms with E-state index in [0.29, 0.717) is 29.8 Å². The van der Waals surface area contributed by atoms with E-state index in [1.807, 2.05) is 66.9 Å². The number of thioether (sulfide) groups is 1. The van der Waals surface area contributed by atoms with Gasteiger partial charge in [0.15, 0.2) is 11.0 Å². The van der Waals surface area contributed by atoms with Crippen LogP contribution in [0.5, 0.6) is 11.5 Å². The Morgan fingerprint density at radius 2 is 1.77 bits per heavy atom.